The highest BCUT2D eigenvalue weighted by molar-refractivity contribution is 5.64. The van der Waals surface area contributed by atoms with E-state index < -0.39 is 0 Å². The number of aldehydes is 1. The summed E-state index contributed by atoms with van der Waals surface area (Å²) in [6.07, 6.45) is 23.1. The van der Waals surface area contributed by atoms with Gasteiger partial charge in [0, 0.05) is 5.41 Å². The van der Waals surface area contributed by atoms with Gasteiger partial charge in [0.25, 0.3) is 0 Å². The summed E-state index contributed by atoms with van der Waals surface area (Å²) in [6, 6.07) is 18.8. The van der Waals surface area contributed by atoms with Gasteiger partial charge in [-0.2, -0.15) is 0 Å². The second kappa shape index (κ2) is 14.3. The molecular weight excluding hydrogens is 448 g/mol. The summed E-state index contributed by atoms with van der Waals surface area (Å²) >= 11 is 0. The highest BCUT2D eigenvalue weighted by Gasteiger charge is 2.35. The summed E-state index contributed by atoms with van der Waals surface area (Å²) in [5.41, 5.74) is 5.62. The molecule has 2 aromatic rings. The first-order valence-corrected chi connectivity index (χ1v) is 15.8. The van der Waals surface area contributed by atoms with Crippen molar-refractivity contribution in [3.8, 4) is 11.1 Å². The zero-order valence-electron chi connectivity index (χ0n) is 23.9. The Morgan fingerprint density at radius 2 is 1.16 bits per heavy atom. The van der Waals surface area contributed by atoms with Crippen LogP contribution in [0.25, 0.3) is 11.1 Å². The SMILES string of the molecule is CCCCCCCC1(C=O)CCC(c2ccc(-c3ccc(C4CCC(CCCC)CC4)cc3)cc2)CC1. The predicted molar refractivity (Wildman–Crippen MR) is 159 cm³/mol. The molecule has 0 N–H and O–H groups in total. The minimum absolute atomic E-state index is 0.0425. The molecule has 37 heavy (non-hydrogen) atoms. The quantitative estimate of drug-likeness (QED) is 0.197. The molecule has 0 aromatic heterocycles. The van der Waals surface area contributed by atoms with Crippen molar-refractivity contribution < 1.29 is 4.79 Å². The molecule has 0 amide bonds. The van der Waals surface area contributed by atoms with Crippen LogP contribution in [-0.2, 0) is 4.79 Å². The first kappa shape index (κ1) is 28.1. The van der Waals surface area contributed by atoms with E-state index in [1.165, 1.54) is 100 Å². The second-order valence-electron chi connectivity index (χ2n) is 12.5. The zero-order valence-corrected chi connectivity index (χ0v) is 23.9. The third kappa shape index (κ3) is 7.81. The fraction of sp³-hybridized carbons (Fsp3) is 0.639. The first-order chi connectivity index (χ1) is 18.2. The summed E-state index contributed by atoms with van der Waals surface area (Å²) < 4.78 is 0. The monoisotopic (exact) mass is 500 g/mol. The molecule has 2 fully saturated rings. The van der Waals surface area contributed by atoms with Crippen LogP contribution in [0.15, 0.2) is 48.5 Å². The zero-order chi connectivity index (χ0) is 25.9. The van der Waals surface area contributed by atoms with E-state index >= 15 is 0 Å². The van der Waals surface area contributed by atoms with Gasteiger partial charge < -0.3 is 4.79 Å². The van der Waals surface area contributed by atoms with Gasteiger partial charge in [-0.15, -0.1) is 0 Å². The Kier molecular flexibility index (Phi) is 10.9. The fourth-order valence-electron chi connectivity index (χ4n) is 7.21. The molecule has 202 valence electrons. The molecule has 0 aliphatic heterocycles. The van der Waals surface area contributed by atoms with Gasteiger partial charge in [-0.25, -0.2) is 0 Å². The Morgan fingerprint density at radius 3 is 1.68 bits per heavy atom. The van der Waals surface area contributed by atoms with E-state index in [1.54, 1.807) is 5.56 Å². The highest BCUT2D eigenvalue weighted by Crippen LogP contribution is 2.45. The van der Waals surface area contributed by atoms with Crippen molar-refractivity contribution in [3.63, 3.8) is 0 Å². The normalized spacial score (nSPS) is 26.2. The Hall–Kier alpha value is -1.89. The van der Waals surface area contributed by atoms with Gasteiger partial charge in [-0.05, 0) is 97.8 Å². The summed E-state index contributed by atoms with van der Waals surface area (Å²) in [4.78, 5) is 12.0. The van der Waals surface area contributed by atoms with Crippen molar-refractivity contribution in [3.05, 3.63) is 59.7 Å². The van der Waals surface area contributed by atoms with Gasteiger partial charge in [-0.3, -0.25) is 0 Å². The van der Waals surface area contributed by atoms with E-state index in [1.807, 2.05) is 0 Å². The van der Waals surface area contributed by atoms with Crippen LogP contribution in [0, 0.1) is 11.3 Å². The third-order valence-electron chi connectivity index (χ3n) is 9.92. The number of carbonyl (C=O) groups is 1. The average Bonchev–Trinajstić information content (AvgIpc) is 2.97. The van der Waals surface area contributed by atoms with Gasteiger partial charge in [0.2, 0.25) is 0 Å². The maximum absolute atomic E-state index is 12.0. The first-order valence-electron chi connectivity index (χ1n) is 15.8. The molecule has 1 nitrogen and oxygen atoms in total. The molecule has 4 rings (SSSR count). The average molecular weight is 501 g/mol. The minimum atomic E-state index is -0.0425. The van der Waals surface area contributed by atoms with Gasteiger partial charge >= 0.3 is 0 Å². The van der Waals surface area contributed by atoms with Gasteiger partial charge in [0.05, 0.1) is 0 Å². The maximum atomic E-state index is 12.0. The molecule has 2 aliphatic carbocycles. The largest absolute Gasteiger partial charge is 0.303 e. The Bertz CT molecular complexity index is 908. The standard InChI is InChI=1S/C36H52O/c1-3-5-7-8-9-25-36(28-37)26-23-35(24-27-36)34-21-19-33(20-22-34)32-17-15-31(16-18-32)30-13-11-29(12-14-30)10-6-4-2/h15-22,28-30,35H,3-14,23-27H2,1-2H3. The highest BCUT2D eigenvalue weighted by atomic mass is 16.1. The van der Waals surface area contributed by atoms with Crippen LogP contribution in [0.2, 0.25) is 0 Å². The van der Waals surface area contributed by atoms with E-state index in [4.69, 9.17) is 0 Å². The van der Waals surface area contributed by atoms with Crippen LogP contribution in [0.5, 0.6) is 0 Å². The molecular formula is C36H52O. The van der Waals surface area contributed by atoms with E-state index in [-0.39, 0.29) is 5.41 Å². The lowest BCUT2D eigenvalue weighted by Crippen LogP contribution is -2.28. The van der Waals surface area contributed by atoms with Crippen molar-refractivity contribution in [2.45, 2.75) is 135 Å². The summed E-state index contributed by atoms with van der Waals surface area (Å²) in [7, 11) is 0. The van der Waals surface area contributed by atoms with Crippen molar-refractivity contribution >= 4 is 6.29 Å². The summed E-state index contributed by atoms with van der Waals surface area (Å²) in [6.45, 7) is 4.57. The van der Waals surface area contributed by atoms with Crippen molar-refractivity contribution in [1.82, 2.24) is 0 Å². The van der Waals surface area contributed by atoms with Crippen LogP contribution >= 0.6 is 0 Å². The van der Waals surface area contributed by atoms with E-state index in [0.29, 0.717) is 5.92 Å². The topological polar surface area (TPSA) is 17.1 Å². The smallest absolute Gasteiger partial charge is 0.126 e. The fourth-order valence-corrected chi connectivity index (χ4v) is 7.21. The van der Waals surface area contributed by atoms with Crippen LogP contribution in [0.4, 0.5) is 0 Å². The van der Waals surface area contributed by atoms with Crippen LogP contribution in [0.1, 0.15) is 146 Å². The van der Waals surface area contributed by atoms with Crippen molar-refractivity contribution in [2.24, 2.45) is 11.3 Å². The molecule has 2 aliphatic rings. The molecule has 0 heterocycles. The van der Waals surface area contributed by atoms with Crippen molar-refractivity contribution in [2.75, 3.05) is 0 Å². The Labute approximate surface area is 227 Å². The lowest BCUT2D eigenvalue weighted by Gasteiger charge is -2.36. The number of unbranched alkanes of at least 4 members (excludes halogenated alkanes) is 5. The Balaban J connectivity index is 1.27. The second-order valence-corrected chi connectivity index (χ2v) is 12.5. The van der Waals surface area contributed by atoms with Gasteiger partial charge in [0.15, 0.2) is 0 Å². The number of rotatable bonds is 13. The molecule has 0 spiro atoms. The Morgan fingerprint density at radius 1 is 0.649 bits per heavy atom. The van der Waals surface area contributed by atoms with E-state index in [2.05, 4.69) is 62.4 Å². The molecule has 0 bridgehead atoms. The molecule has 0 unspecified atom stereocenters. The van der Waals surface area contributed by atoms with E-state index in [0.717, 1.165) is 43.9 Å². The van der Waals surface area contributed by atoms with Crippen molar-refractivity contribution in [1.29, 1.82) is 0 Å². The third-order valence-corrected chi connectivity index (χ3v) is 9.92. The minimum Gasteiger partial charge on any atom is -0.303 e. The maximum Gasteiger partial charge on any atom is 0.126 e. The van der Waals surface area contributed by atoms with Gasteiger partial charge in [-0.1, -0.05) is 114 Å². The van der Waals surface area contributed by atoms with Crippen LogP contribution in [-0.4, -0.2) is 6.29 Å². The molecule has 0 radical (unpaired) electrons. The number of hydrogen-bond donors (Lipinski definition) is 0. The lowest BCUT2D eigenvalue weighted by atomic mass is 9.67. The molecule has 2 saturated carbocycles. The predicted octanol–water partition coefficient (Wildman–Crippen LogP) is 11.0. The van der Waals surface area contributed by atoms with Crippen LogP contribution in [0.3, 0.4) is 0 Å². The number of carbonyl (C=O) groups excluding carboxylic acids is 1. The summed E-state index contributed by atoms with van der Waals surface area (Å²) in [5.74, 6) is 2.34. The molecule has 1 heteroatoms. The lowest BCUT2D eigenvalue weighted by molar-refractivity contribution is -0.118. The van der Waals surface area contributed by atoms with Gasteiger partial charge in [0.1, 0.15) is 6.29 Å². The van der Waals surface area contributed by atoms with E-state index in [9.17, 15) is 4.79 Å². The molecule has 2 aromatic carbocycles. The van der Waals surface area contributed by atoms with Crippen LogP contribution < -0.4 is 0 Å². The molecule has 0 saturated heterocycles. The number of hydrogen-bond acceptors (Lipinski definition) is 1. The summed E-state index contributed by atoms with van der Waals surface area (Å²) in [5, 5.41) is 0. The number of benzene rings is 2. The molecule has 0 atom stereocenters.